The van der Waals surface area contributed by atoms with Gasteiger partial charge in [0, 0.05) is 29.2 Å². The highest BCUT2D eigenvalue weighted by molar-refractivity contribution is 5.82. The standard InChI is InChI=1S/C30H34O8/c1-15(2)9-10-37-25-13-21(27(33)30(36-4)28(25)34)29-22(32)12-20-19-7-5-16-11-17(31)6-8-18(16)26(19)24(35-3)14-23(20)38-29/h6,8,11,13-15,22,29,31-34H,5,7,9-10,12H2,1-4H3/t22-,29-/m1/s1. The number of hydrogen-bond acceptors (Lipinski definition) is 8. The Labute approximate surface area is 222 Å². The molecule has 0 spiro atoms. The summed E-state index contributed by atoms with van der Waals surface area (Å²) in [5, 5.41) is 42.8. The number of ether oxygens (including phenoxy) is 4. The van der Waals surface area contributed by atoms with E-state index < -0.39 is 12.2 Å². The average Bonchev–Trinajstić information content (AvgIpc) is 2.89. The molecular formula is C30H34O8. The quantitative estimate of drug-likeness (QED) is 0.341. The van der Waals surface area contributed by atoms with Crippen molar-refractivity contribution in [3.8, 4) is 51.4 Å². The number of aryl methyl sites for hydroxylation is 1. The van der Waals surface area contributed by atoms with Gasteiger partial charge in [0.1, 0.15) is 17.2 Å². The van der Waals surface area contributed by atoms with Gasteiger partial charge in [0.2, 0.25) is 11.5 Å². The number of hydrogen-bond donors (Lipinski definition) is 4. The number of aliphatic hydroxyl groups is 1. The molecule has 0 fully saturated rings. The Morgan fingerprint density at radius 2 is 1.74 bits per heavy atom. The van der Waals surface area contributed by atoms with Crippen LogP contribution in [0, 0.1) is 5.92 Å². The molecule has 4 N–H and O–H groups in total. The van der Waals surface area contributed by atoms with Gasteiger partial charge in [-0.05, 0) is 60.1 Å². The number of aromatic hydroxyl groups is 3. The third kappa shape index (κ3) is 4.43. The van der Waals surface area contributed by atoms with E-state index in [1.165, 1.54) is 13.2 Å². The first-order valence-corrected chi connectivity index (χ1v) is 12.9. The molecule has 38 heavy (non-hydrogen) atoms. The zero-order valence-corrected chi connectivity index (χ0v) is 22.1. The van der Waals surface area contributed by atoms with E-state index in [-0.39, 0.29) is 34.3 Å². The SMILES string of the molecule is COc1cc2c(c3c1-c1ccc(O)cc1CC3)C[C@@H](O)[C@@H](c1cc(OCCC(C)C)c(O)c(OC)c1O)O2. The van der Waals surface area contributed by atoms with Gasteiger partial charge in [-0.15, -0.1) is 0 Å². The molecule has 5 rings (SSSR count). The second kappa shape index (κ2) is 10.2. The van der Waals surface area contributed by atoms with Crippen molar-refractivity contribution in [2.24, 2.45) is 5.92 Å². The maximum Gasteiger partial charge on any atom is 0.207 e. The number of aliphatic hydroxyl groups excluding tert-OH is 1. The Morgan fingerprint density at radius 1 is 0.947 bits per heavy atom. The molecule has 202 valence electrons. The molecule has 0 bridgehead atoms. The first-order valence-electron chi connectivity index (χ1n) is 12.9. The normalized spacial score (nSPS) is 17.7. The molecule has 0 saturated carbocycles. The third-order valence-corrected chi connectivity index (χ3v) is 7.40. The number of phenols is 3. The number of fused-ring (bicyclic) bond motifs is 5. The van der Waals surface area contributed by atoms with Crippen LogP contribution in [0.25, 0.3) is 11.1 Å². The van der Waals surface area contributed by atoms with Crippen molar-refractivity contribution < 1.29 is 39.4 Å². The Bertz CT molecular complexity index is 1360. The lowest BCUT2D eigenvalue weighted by atomic mass is 9.80. The molecule has 2 aliphatic rings. The van der Waals surface area contributed by atoms with E-state index >= 15 is 0 Å². The van der Waals surface area contributed by atoms with Gasteiger partial charge in [0.05, 0.1) is 26.9 Å². The fraction of sp³-hybridized carbons (Fsp3) is 0.400. The Hall–Kier alpha value is -3.78. The van der Waals surface area contributed by atoms with Gasteiger partial charge in [-0.3, -0.25) is 0 Å². The van der Waals surface area contributed by atoms with Gasteiger partial charge < -0.3 is 39.4 Å². The molecule has 0 saturated heterocycles. The molecular weight excluding hydrogens is 488 g/mol. The van der Waals surface area contributed by atoms with Crippen molar-refractivity contribution in [1.29, 1.82) is 0 Å². The topological polar surface area (TPSA) is 118 Å². The number of methoxy groups -OCH3 is 2. The molecule has 3 aromatic rings. The summed E-state index contributed by atoms with van der Waals surface area (Å²) >= 11 is 0. The van der Waals surface area contributed by atoms with Crippen LogP contribution in [0.3, 0.4) is 0 Å². The summed E-state index contributed by atoms with van der Waals surface area (Å²) in [4.78, 5) is 0. The van der Waals surface area contributed by atoms with Gasteiger partial charge in [-0.25, -0.2) is 0 Å². The van der Waals surface area contributed by atoms with Gasteiger partial charge in [-0.2, -0.15) is 0 Å². The van der Waals surface area contributed by atoms with Crippen LogP contribution in [0.4, 0.5) is 0 Å². The molecule has 0 radical (unpaired) electrons. The van der Waals surface area contributed by atoms with Gasteiger partial charge in [0.15, 0.2) is 17.6 Å². The average molecular weight is 523 g/mol. The highest BCUT2D eigenvalue weighted by atomic mass is 16.5. The van der Waals surface area contributed by atoms with Crippen LogP contribution in [-0.2, 0) is 19.3 Å². The van der Waals surface area contributed by atoms with E-state index in [1.807, 2.05) is 12.1 Å². The first kappa shape index (κ1) is 25.9. The van der Waals surface area contributed by atoms with Crippen molar-refractivity contribution in [3.05, 3.63) is 52.6 Å². The molecule has 0 unspecified atom stereocenters. The zero-order chi connectivity index (χ0) is 27.1. The van der Waals surface area contributed by atoms with Gasteiger partial charge in [0.25, 0.3) is 0 Å². The minimum Gasteiger partial charge on any atom is -0.508 e. The number of benzene rings is 3. The van der Waals surface area contributed by atoms with Crippen LogP contribution in [0.1, 0.15) is 48.6 Å². The third-order valence-electron chi connectivity index (χ3n) is 7.40. The van der Waals surface area contributed by atoms with Gasteiger partial charge >= 0.3 is 0 Å². The van der Waals surface area contributed by atoms with Crippen LogP contribution in [0.5, 0.6) is 40.2 Å². The molecule has 1 aliphatic heterocycles. The number of rotatable bonds is 7. The van der Waals surface area contributed by atoms with Crippen molar-refractivity contribution in [2.75, 3.05) is 20.8 Å². The second-order valence-corrected chi connectivity index (χ2v) is 10.3. The van der Waals surface area contributed by atoms with E-state index in [9.17, 15) is 20.4 Å². The highest BCUT2D eigenvalue weighted by Gasteiger charge is 2.37. The van der Waals surface area contributed by atoms with Crippen LogP contribution in [0.15, 0.2) is 30.3 Å². The van der Waals surface area contributed by atoms with Gasteiger partial charge in [-0.1, -0.05) is 19.9 Å². The van der Waals surface area contributed by atoms with Crippen LogP contribution < -0.4 is 18.9 Å². The summed E-state index contributed by atoms with van der Waals surface area (Å²) in [6.07, 6.45) is 0.610. The van der Waals surface area contributed by atoms with E-state index in [0.29, 0.717) is 36.9 Å². The molecule has 0 amide bonds. The Morgan fingerprint density at radius 3 is 2.45 bits per heavy atom. The smallest absolute Gasteiger partial charge is 0.207 e. The van der Waals surface area contributed by atoms with E-state index in [1.54, 1.807) is 19.2 Å². The van der Waals surface area contributed by atoms with Crippen LogP contribution in [-0.4, -0.2) is 47.4 Å². The van der Waals surface area contributed by atoms with Crippen molar-refractivity contribution >= 4 is 0 Å². The summed E-state index contributed by atoms with van der Waals surface area (Å²) in [5.41, 5.74) is 5.16. The summed E-state index contributed by atoms with van der Waals surface area (Å²) < 4.78 is 23.2. The maximum atomic E-state index is 11.3. The zero-order valence-electron chi connectivity index (χ0n) is 22.1. The molecule has 8 heteroatoms. The molecule has 2 atom stereocenters. The van der Waals surface area contributed by atoms with Crippen molar-refractivity contribution in [1.82, 2.24) is 0 Å². The van der Waals surface area contributed by atoms with Crippen LogP contribution in [0.2, 0.25) is 0 Å². The fourth-order valence-corrected chi connectivity index (χ4v) is 5.44. The lowest BCUT2D eigenvalue weighted by molar-refractivity contribution is 0.0187. The van der Waals surface area contributed by atoms with Crippen molar-refractivity contribution in [2.45, 2.75) is 51.7 Å². The predicted octanol–water partition coefficient (Wildman–Crippen LogP) is 5.05. The van der Waals surface area contributed by atoms with Crippen molar-refractivity contribution in [3.63, 3.8) is 0 Å². The highest BCUT2D eigenvalue weighted by Crippen LogP contribution is 2.52. The largest absolute Gasteiger partial charge is 0.508 e. The van der Waals surface area contributed by atoms with Crippen LogP contribution >= 0.6 is 0 Å². The lowest BCUT2D eigenvalue weighted by Crippen LogP contribution is -2.31. The monoisotopic (exact) mass is 522 g/mol. The molecule has 1 aliphatic carbocycles. The van der Waals surface area contributed by atoms with E-state index in [4.69, 9.17) is 18.9 Å². The second-order valence-electron chi connectivity index (χ2n) is 10.3. The Kier molecular flexibility index (Phi) is 6.92. The summed E-state index contributed by atoms with van der Waals surface area (Å²) in [6, 6.07) is 8.65. The lowest BCUT2D eigenvalue weighted by Gasteiger charge is -2.35. The summed E-state index contributed by atoms with van der Waals surface area (Å²) in [5.74, 6) is 1.23. The maximum absolute atomic E-state index is 11.3. The Balaban J connectivity index is 1.56. The van der Waals surface area contributed by atoms with E-state index in [2.05, 4.69) is 13.8 Å². The first-order chi connectivity index (χ1) is 18.2. The fourth-order valence-electron chi connectivity index (χ4n) is 5.44. The molecule has 8 nitrogen and oxygen atoms in total. The molecule has 1 heterocycles. The predicted molar refractivity (Wildman–Crippen MR) is 142 cm³/mol. The van der Waals surface area contributed by atoms with E-state index in [0.717, 1.165) is 40.7 Å². The molecule has 0 aromatic heterocycles. The summed E-state index contributed by atoms with van der Waals surface area (Å²) in [7, 11) is 2.95. The molecule has 3 aromatic carbocycles. The minimum absolute atomic E-state index is 0.133. The minimum atomic E-state index is -0.982. The summed E-state index contributed by atoms with van der Waals surface area (Å²) in [6.45, 7) is 4.52. The number of phenolic OH excluding ortho intramolecular Hbond substituents is 3.